The van der Waals surface area contributed by atoms with Crippen molar-refractivity contribution in [3.8, 4) is 0 Å². The Morgan fingerprint density at radius 1 is 1.32 bits per heavy atom. The lowest BCUT2D eigenvalue weighted by Gasteiger charge is -2.23. The lowest BCUT2D eigenvalue weighted by Crippen LogP contribution is -2.32. The highest BCUT2D eigenvalue weighted by Crippen LogP contribution is 2.18. The number of carboxylic acid groups (broad SMARTS) is 1. The summed E-state index contributed by atoms with van der Waals surface area (Å²) in [5, 5.41) is 8.92. The van der Waals surface area contributed by atoms with Crippen molar-refractivity contribution in [1.82, 2.24) is 9.80 Å². The Labute approximate surface area is 115 Å². The van der Waals surface area contributed by atoms with E-state index in [4.69, 9.17) is 5.11 Å². The van der Waals surface area contributed by atoms with Crippen LogP contribution < -0.4 is 0 Å². The van der Waals surface area contributed by atoms with Gasteiger partial charge < -0.3 is 14.9 Å². The zero-order valence-electron chi connectivity index (χ0n) is 12.1. The summed E-state index contributed by atoms with van der Waals surface area (Å²) < 4.78 is 0. The van der Waals surface area contributed by atoms with Crippen molar-refractivity contribution in [3.63, 3.8) is 0 Å². The van der Waals surface area contributed by atoms with Crippen molar-refractivity contribution < 1.29 is 14.7 Å². The molecule has 1 saturated heterocycles. The van der Waals surface area contributed by atoms with Gasteiger partial charge in [0.05, 0.1) is 5.92 Å². The van der Waals surface area contributed by atoms with Crippen LogP contribution in [0, 0.1) is 5.92 Å². The fraction of sp³-hybridized carbons (Fsp3) is 0.857. The summed E-state index contributed by atoms with van der Waals surface area (Å²) in [6.45, 7) is 8.60. The van der Waals surface area contributed by atoms with E-state index in [1.165, 1.54) is 0 Å². The van der Waals surface area contributed by atoms with Crippen molar-refractivity contribution in [2.75, 3.05) is 32.7 Å². The number of amides is 1. The number of carbonyl (C=O) groups excluding carboxylic acids is 1. The van der Waals surface area contributed by atoms with Crippen LogP contribution in [0.15, 0.2) is 0 Å². The van der Waals surface area contributed by atoms with E-state index in [1.807, 2.05) is 0 Å². The number of hydrogen-bond acceptors (Lipinski definition) is 3. The number of hydrogen-bond donors (Lipinski definition) is 1. The minimum atomic E-state index is -0.852. The van der Waals surface area contributed by atoms with E-state index >= 15 is 0 Å². The topological polar surface area (TPSA) is 60.9 Å². The van der Waals surface area contributed by atoms with E-state index in [2.05, 4.69) is 18.7 Å². The molecule has 1 atom stereocenters. The monoisotopic (exact) mass is 270 g/mol. The maximum atomic E-state index is 11.7. The van der Waals surface area contributed by atoms with Gasteiger partial charge in [0.25, 0.3) is 0 Å². The normalized spacial score (nSPS) is 19.4. The van der Waals surface area contributed by atoms with Gasteiger partial charge in [-0.05, 0) is 38.9 Å². The van der Waals surface area contributed by atoms with Gasteiger partial charge in [-0.1, -0.05) is 13.8 Å². The van der Waals surface area contributed by atoms with E-state index in [0.717, 1.165) is 38.9 Å². The molecule has 0 saturated carbocycles. The fourth-order valence-corrected chi connectivity index (χ4v) is 2.61. The predicted octanol–water partition coefficient (Wildman–Crippen LogP) is 1.43. The second kappa shape index (κ2) is 8.15. The Morgan fingerprint density at radius 3 is 2.42 bits per heavy atom. The molecule has 0 spiro atoms. The minimum absolute atomic E-state index is 0.00932. The first-order chi connectivity index (χ1) is 9.08. The molecule has 1 heterocycles. The zero-order valence-corrected chi connectivity index (χ0v) is 12.1. The van der Waals surface area contributed by atoms with Gasteiger partial charge in [-0.15, -0.1) is 0 Å². The summed E-state index contributed by atoms with van der Waals surface area (Å²) >= 11 is 0. The Bertz CT molecular complexity index is 301. The Balaban J connectivity index is 2.28. The predicted molar refractivity (Wildman–Crippen MR) is 74.0 cm³/mol. The molecular weight excluding hydrogens is 244 g/mol. The second-order valence-electron chi connectivity index (χ2n) is 5.27. The SMILES string of the molecule is CCCN(CCC)CCCN1CC(C(=O)O)CC1=O. The quantitative estimate of drug-likeness (QED) is 0.688. The van der Waals surface area contributed by atoms with Crippen molar-refractivity contribution in [2.24, 2.45) is 5.92 Å². The fourth-order valence-electron chi connectivity index (χ4n) is 2.61. The molecule has 5 heteroatoms. The largest absolute Gasteiger partial charge is 0.481 e. The number of carboxylic acids is 1. The molecule has 1 amide bonds. The third kappa shape index (κ3) is 5.19. The number of aliphatic carboxylic acids is 1. The number of carbonyl (C=O) groups is 2. The Morgan fingerprint density at radius 2 is 1.95 bits per heavy atom. The van der Waals surface area contributed by atoms with Gasteiger partial charge in [0.1, 0.15) is 0 Å². The van der Waals surface area contributed by atoms with E-state index in [1.54, 1.807) is 4.90 Å². The molecule has 0 bridgehead atoms. The van der Waals surface area contributed by atoms with Crippen LogP contribution in [-0.2, 0) is 9.59 Å². The van der Waals surface area contributed by atoms with Crippen LogP contribution >= 0.6 is 0 Å². The van der Waals surface area contributed by atoms with Crippen LogP contribution in [0.1, 0.15) is 39.5 Å². The second-order valence-corrected chi connectivity index (χ2v) is 5.27. The van der Waals surface area contributed by atoms with E-state index < -0.39 is 11.9 Å². The highest BCUT2D eigenvalue weighted by molar-refractivity contribution is 5.86. The highest BCUT2D eigenvalue weighted by Gasteiger charge is 2.33. The standard InChI is InChI=1S/C14H26N2O3/c1-3-6-15(7-4-2)8-5-9-16-11-12(14(18)19)10-13(16)17/h12H,3-11H2,1-2H3,(H,18,19). The number of likely N-dealkylation sites (tertiary alicyclic amines) is 1. The first kappa shape index (κ1) is 16.0. The van der Waals surface area contributed by atoms with Crippen molar-refractivity contribution >= 4 is 11.9 Å². The zero-order chi connectivity index (χ0) is 14.3. The molecule has 1 unspecified atom stereocenters. The third-order valence-electron chi connectivity index (χ3n) is 3.55. The van der Waals surface area contributed by atoms with Crippen molar-refractivity contribution in [2.45, 2.75) is 39.5 Å². The van der Waals surface area contributed by atoms with Gasteiger partial charge in [-0.25, -0.2) is 0 Å². The maximum absolute atomic E-state index is 11.7. The summed E-state index contributed by atoms with van der Waals surface area (Å²) in [5.41, 5.74) is 0. The summed E-state index contributed by atoms with van der Waals surface area (Å²) in [5.74, 6) is -1.37. The van der Waals surface area contributed by atoms with Crippen LogP contribution in [0.2, 0.25) is 0 Å². The molecule has 0 aromatic rings. The maximum Gasteiger partial charge on any atom is 0.308 e. The molecule has 1 rings (SSSR count). The molecule has 0 aromatic heterocycles. The molecule has 110 valence electrons. The van der Waals surface area contributed by atoms with Gasteiger partial charge in [-0.3, -0.25) is 9.59 Å². The average Bonchev–Trinajstić information content (AvgIpc) is 2.72. The molecule has 1 fully saturated rings. The molecule has 0 radical (unpaired) electrons. The molecule has 1 N–H and O–H groups in total. The summed E-state index contributed by atoms with van der Waals surface area (Å²) in [4.78, 5) is 26.6. The van der Waals surface area contributed by atoms with Gasteiger partial charge >= 0.3 is 5.97 Å². The van der Waals surface area contributed by atoms with Crippen molar-refractivity contribution in [3.05, 3.63) is 0 Å². The Kier molecular flexibility index (Phi) is 6.84. The van der Waals surface area contributed by atoms with Crippen LogP contribution in [0.4, 0.5) is 0 Å². The summed E-state index contributed by atoms with van der Waals surface area (Å²) in [7, 11) is 0. The third-order valence-corrected chi connectivity index (χ3v) is 3.55. The molecule has 0 aliphatic carbocycles. The minimum Gasteiger partial charge on any atom is -0.481 e. The smallest absolute Gasteiger partial charge is 0.308 e. The summed E-state index contributed by atoms with van der Waals surface area (Å²) in [6, 6.07) is 0. The van der Waals surface area contributed by atoms with E-state index in [0.29, 0.717) is 13.1 Å². The van der Waals surface area contributed by atoms with Crippen LogP contribution in [0.25, 0.3) is 0 Å². The molecule has 1 aliphatic rings. The summed E-state index contributed by atoms with van der Waals surface area (Å²) in [6.07, 6.45) is 3.38. The number of rotatable bonds is 9. The molecule has 5 nitrogen and oxygen atoms in total. The van der Waals surface area contributed by atoms with E-state index in [-0.39, 0.29) is 12.3 Å². The molecule has 1 aliphatic heterocycles. The molecular formula is C14H26N2O3. The van der Waals surface area contributed by atoms with Crippen LogP contribution in [-0.4, -0.2) is 59.5 Å². The lowest BCUT2D eigenvalue weighted by molar-refractivity contribution is -0.141. The first-order valence-corrected chi connectivity index (χ1v) is 7.31. The van der Waals surface area contributed by atoms with Gasteiger partial charge in [-0.2, -0.15) is 0 Å². The van der Waals surface area contributed by atoms with Crippen LogP contribution in [0.3, 0.4) is 0 Å². The highest BCUT2D eigenvalue weighted by atomic mass is 16.4. The molecule has 0 aromatic carbocycles. The lowest BCUT2D eigenvalue weighted by atomic mass is 10.1. The van der Waals surface area contributed by atoms with Gasteiger partial charge in [0.15, 0.2) is 0 Å². The van der Waals surface area contributed by atoms with Gasteiger partial charge in [0, 0.05) is 19.5 Å². The van der Waals surface area contributed by atoms with Gasteiger partial charge in [0.2, 0.25) is 5.91 Å². The Hall–Kier alpha value is -1.10. The van der Waals surface area contributed by atoms with E-state index in [9.17, 15) is 9.59 Å². The number of nitrogens with zero attached hydrogens (tertiary/aromatic N) is 2. The van der Waals surface area contributed by atoms with Crippen molar-refractivity contribution in [1.29, 1.82) is 0 Å². The van der Waals surface area contributed by atoms with Crippen LogP contribution in [0.5, 0.6) is 0 Å². The average molecular weight is 270 g/mol. The first-order valence-electron chi connectivity index (χ1n) is 7.31. The molecule has 19 heavy (non-hydrogen) atoms.